The van der Waals surface area contributed by atoms with E-state index in [1.54, 1.807) is 30.3 Å². The molecular formula is C12H9BrClN3O. The normalized spacial score (nSPS) is 10.1. The van der Waals surface area contributed by atoms with Crippen molar-refractivity contribution in [2.75, 3.05) is 11.1 Å². The van der Waals surface area contributed by atoms with Crippen molar-refractivity contribution in [1.29, 1.82) is 0 Å². The Bertz CT molecular complexity index is 586. The summed E-state index contributed by atoms with van der Waals surface area (Å²) in [6, 6.07) is 8.32. The molecule has 2 rings (SSSR count). The molecule has 0 saturated heterocycles. The first-order valence-electron chi connectivity index (χ1n) is 5.04. The SMILES string of the molecule is Nc1ccc(NC(=O)c2ccc(Cl)cn2)cc1Br. The van der Waals surface area contributed by atoms with Crippen molar-refractivity contribution in [2.24, 2.45) is 0 Å². The monoisotopic (exact) mass is 325 g/mol. The van der Waals surface area contributed by atoms with Crippen LogP contribution >= 0.6 is 27.5 Å². The fourth-order valence-corrected chi connectivity index (χ4v) is 1.80. The van der Waals surface area contributed by atoms with Gasteiger partial charge in [-0.05, 0) is 46.3 Å². The van der Waals surface area contributed by atoms with E-state index in [9.17, 15) is 4.79 Å². The van der Waals surface area contributed by atoms with E-state index in [0.29, 0.717) is 22.1 Å². The largest absolute Gasteiger partial charge is 0.398 e. The molecule has 6 heteroatoms. The summed E-state index contributed by atoms with van der Waals surface area (Å²) in [5.41, 5.74) is 7.20. The van der Waals surface area contributed by atoms with E-state index in [4.69, 9.17) is 17.3 Å². The lowest BCUT2D eigenvalue weighted by Crippen LogP contribution is -2.13. The predicted molar refractivity (Wildman–Crippen MR) is 75.8 cm³/mol. The van der Waals surface area contributed by atoms with Crippen LogP contribution in [0.25, 0.3) is 0 Å². The minimum Gasteiger partial charge on any atom is -0.398 e. The number of carbonyl (C=O) groups excluding carboxylic acids is 1. The van der Waals surface area contributed by atoms with Gasteiger partial charge in [0.1, 0.15) is 5.69 Å². The zero-order valence-electron chi connectivity index (χ0n) is 9.15. The van der Waals surface area contributed by atoms with Gasteiger partial charge in [0.15, 0.2) is 0 Å². The maximum atomic E-state index is 11.9. The quantitative estimate of drug-likeness (QED) is 0.832. The van der Waals surface area contributed by atoms with E-state index in [2.05, 4.69) is 26.2 Å². The molecule has 0 atom stereocenters. The summed E-state index contributed by atoms with van der Waals surface area (Å²) in [6.07, 6.45) is 1.43. The number of nitrogen functional groups attached to an aromatic ring is 1. The molecule has 1 aromatic heterocycles. The van der Waals surface area contributed by atoms with Crippen LogP contribution in [0.5, 0.6) is 0 Å². The molecule has 0 fully saturated rings. The molecule has 0 saturated carbocycles. The van der Waals surface area contributed by atoms with Crippen molar-refractivity contribution in [3.63, 3.8) is 0 Å². The number of anilines is 2. The van der Waals surface area contributed by atoms with Gasteiger partial charge in [0.2, 0.25) is 0 Å². The van der Waals surface area contributed by atoms with Crippen molar-refractivity contribution in [3.05, 3.63) is 51.7 Å². The van der Waals surface area contributed by atoms with Crippen molar-refractivity contribution in [2.45, 2.75) is 0 Å². The first-order chi connectivity index (χ1) is 8.56. The number of carbonyl (C=O) groups is 1. The van der Waals surface area contributed by atoms with Gasteiger partial charge in [0.25, 0.3) is 5.91 Å². The molecule has 0 radical (unpaired) electrons. The van der Waals surface area contributed by atoms with Gasteiger partial charge in [-0.2, -0.15) is 0 Å². The van der Waals surface area contributed by atoms with Gasteiger partial charge >= 0.3 is 0 Å². The summed E-state index contributed by atoms with van der Waals surface area (Å²) in [5.74, 6) is -0.302. The molecule has 18 heavy (non-hydrogen) atoms. The van der Waals surface area contributed by atoms with Crippen LogP contribution in [0.2, 0.25) is 5.02 Å². The fraction of sp³-hybridized carbons (Fsp3) is 0. The predicted octanol–water partition coefficient (Wildman–Crippen LogP) is 3.33. The summed E-state index contributed by atoms with van der Waals surface area (Å²) in [4.78, 5) is 15.8. The van der Waals surface area contributed by atoms with Crippen LogP contribution in [0.1, 0.15) is 10.5 Å². The molecule has 1 aromatic carbocycles. The lowest BCUT2D eigenvalue weighted by atomic mass is 10.2. The highest BCUT2D eigenvalue weighted by molar-refractivity contribution is 9.10. The molecule has 0 bridgehead atoms. The maximum absolute atomic E-state index is 11.9. The van der Waals surface area contributed by atoms with Crippen LogP contribution in [0.4, 0.5) is 11.4 Å². The van der Waals surface area contributed by atoms with Crippen LogP contribution < -0.4 is 11.1 Å². The minimum absolute atomic E-state index is 0.298. The van der Waals surface area contributed by atoms with Crippen molar-refractivity contribution in [1.82, 2.24) is 4.98 Å². The van der Waals surface area contributed by atoms with Gasteiger partial charge in [0.05, 0.1) is 5.02 Å². The maximum Gasteiger partial charge on any atom is 0.274 e. The summed E-state index contributed by atoms with van der Waals surface area (Å²) >= 11 is 8.99. The van der Waals surface area contributed by atoms with Gasteiger partial charge in [-0.3, -0.25) is 4.79 Å². The molecular weight excluding hydrogens is 318 g/mol. The third-order valence-corrected chi connectivity index (χ3v) is 3.13. The first kappa shape index (κ1) is 12.9. The van der Waals surface area contributed by atoms with E-state index < -0.39 is 0 Å². The Kier molecular flexibility index (Phi) is 3.84. The van der Waals surface area contributed by atoms with Crippen LogP contribution in [0.15, 0.2) is 41.0 Å². The second-order valence-electron chi connectivity index (χ2n) is 3.55. The highest BCUT2D eigenvalue weighted by Crippen LogP contribution is 2.23. The van der Waals surface area contributed by atoms with Crippen LogP contribution in [0.3, 0.4) is 0 Å². The lowest BCUT2D eigenvalue weighted by Gasteiger charge is -2.06. The number of benzene rings is 1. The minimum atomic E-state index is -0.302. The fourth-order valence-electron chi connectivity index (χ4n) is 1.31. The standard InChI is InChI=1S/C12H9BrClN3O/c13-9-5-8(2-3-10(9)15)17-12(18)11-4-1-7(14)6-16-11/h1-6H,15H2,(H,17,18). The third kappa shape index (κ3) is 3.00. The van der Waals surface area contributed by atoms with Gasteiger partial charge in [-0.25, -0.2) is 4.98 Å². The number of halogens is 2. The molecule has 4 nitrogen and oxygen atoms in total. The molecule has 1 heterocycles. The van der Waals surface area contributed by atoms with Gasteiger partial charge in [-0.1, -0.05) is 11.6 Å². The topological polar surface area (TPSA) is 68.0 Å². The Hall–Kier alpha value is -1.59. The Balaban J connectivity index is 2.16. The van der Waals surface area contributed by atoms with Crippen molar-refractivity contribution < 1.29 is 4.79 Å². The average Bonchev–Trinajstić information content (AvgIpc) is 2.34. The van der Waals surface area contributed by atoms with Crippen LogP contribution in [-0.4, -0.2) is 10.9 Å². The summed E-state index contributed by atoms with van der Waals surface area (Å²) in [5, 5.41) is 3.20. The second kappa shape index (κ2) is 5.37. The molecule has 0 unspecified atom stereocenters. The number of rotatable bonds is 2. The average molecular weight is 327 g/mol. The van der Waals surface area contributed by atoms with E-state index in [0.717, 1.165) is 4.47 Å². The third-order valence-electron chi connectivity index (χ3n) is 2.22. The number of aromatic nitrogens is 1. The van der Waals surface area contributed by atoms with Gasteiger partial charge in [-0.15, -0.1) is 0 Å². The number of hydrogen-bond donors (Lipinski definition) is 2. The summed E-state index contributed by atoms with van der Waals surface area (Å²) < 4.78 is 0.726. The number of nitrogens with one attached hydrogen (secondary N) is 1. The molecule has 3 N–H and O–H groups in total. The summed E-state index contributed by atoms with van der Waals surface area (Å²) in [6.45, 7) is 0. The molecule has 92 valence electrons. The Morgan fingerprint density at radius 1 is 1.33 bits per heavy atom. The number of pyridine rings is 1. The van der Waals surface area contributed by atoms with Crippen LogP contribution in [-0.2, 0) is 0 Å². The highest BCUT2D eigenvalue weighted by Gasteiger charge is 2.08. The molecule has 2 aromatic rings. The van der Waals surface area contributed by atoms with E-state index in [-0.39, 0.29) is 5.91 Å². The van der Waals surface area contributed by atoms with E-state index in [1.807, 2.05) is 0 Å². The van der Waals surface area contributed by atoms with Crippen molar-refractivity contribution >= 4 is 44.8 Å². The molecule has 0 aliphatic rings. The Labute approximate surface area is 117 Å². The Morgan fingerprint density at radius 2 is 2.11 bits per heavy atom. The van der Waals surface area contributed by atoms with Gasteiger partial charge in [0, 0.05) is 22.0 Å². The lowest BCUT2D eigenvalue weighted by molar-refractivity contribution is 0.102. The summed E-state index contributed by atoms with van der Waals surface area (Å²) in [7, 11) is 0. The molecule has 0 aliphatic heterocycles. The van der Waals surface area contributed by atoms with Crippen molar-refractivity contribution in [3.8, 4) is 0 Å². The van der Waals surface area contributed by atoms with E-state index >= 15 is 0 Å². The first-order valence-corrected chi connectivity index (χ1v) is 6.21. The molecule has 0 aliphatic carbocycles. The zero-order chi connectivity index (χ0) is 13.1. The van der Waals surface area contributed by atoms with E-state index in [1.165, 1.54) is 6.20 Å². The number of nitrogens with two attached hydrogens (primary N) is 1. The van der Waals surface area contributed by atoms with Crippen LogP contribution in [0, 0.1) is 0 Å². The number of hydrogen-bond acceptors (Lipinski definition) is 3. The Morgan fingerprint density at radius 3 is 2.72 bits per heavy atom. The number of nitrogens with zero attached hydrogens (tertiary/aromatic N) is 1. The smallest absolute Gasteiger partial charge is 0.274 e. The molecule has 0 spiro atoms. The van der Waals surface area contributed by atoms with Gasteiger partial charge < -0.3 is 11.1 Å². The number of amides is 1. The second-order valence-corrected chi connectivity index (χ2v) is 4.84. The highest BCUT2D eigenvalue weighted by atomic mass is 79.9. The molecule has 1 amide bonds. The zero-order valence-corrected chi connectivity index (χ0v) is 11.5.